The smallest absolute Gasteiger partial charge is 0.258 e. The number of hydrogen-bond donors (Lipinski definition) is 1. The second-order valence-electron chi connectivity index (χ2n) is 4.98. The maximum absolute atomic E-state index is 12.5. The molecule has 0 aliphatic rings. The molecule has 0 saturated carbocycles. The molecule has 2 aromatic rings. The highest BCUT2D eigenvalue weighted by molar-refractivity contribution is 6.31. The Morgan fingerprint density at radius 3 is 2.20 bits per heavy atom. The molecule has 0 spiro atoms. The zero-order chi connectivity index (χ0) is 14.9. The molecule has 1 amide bonds. The van der Waals surface area contributed by atoms with Crippen LogP contribution in [0.25, 0.3) is 0 Å². The molecule has 4 heteroatoms. The minimum Gasteiger partial charge on any atom is -0.399 e. The number of carbonyl (C=O) groups is 1. The zero-order valence-electron chi connectivity index (χ0n) is 11.8. The minimum atomic E-state index is -0.135. The van der Waals surface area contributed by atoms with Crippen molar-refractivity contribution < 1.29 is 4.79 Å². The first-order chi connectivity index (χ1) is 9.36. The highest BCUT2D eigenvalue weighted by Crippen LogP contribution is 2.22. The number of amides is 1. The standard InChI is InChI=1S/C16H17ClN2O/c1-10-4-11(2)6-15(5-10)19(3)16(20)12-7-13(17)9-14(18)8-12/h4-9H,18H2,1-3H3. The second-order valence-corrected chi connectivity index (χ2v) is 5.42. The predicted molar refractivity (Wildman–Crippen MR) is 84.5 cm³/mol. The van der Waals surface area contributed by atoms with Crippen molar-refractivity contribution >= 4 is 28.9 Å². The molecule has 0 saturated heterocycles. The van der Waals surface area contributed by atoms with E-state index >= 15 is 0 Å². The Labute approximate surface area is 124 Å². The van der Waals surface area contributed by atoms with Crippen molar-refractivity contribution in [1.82, 2.24) is 0 Å². The van der Waals surface area contributed by atoms with E-state index in [0.717, 1.165) is 16.8 Å². The first-order valence-corrected chi connectivity index (χ1v) is 6.67. The maximum atomic E-state index is 12.5. The Morgan fingerprint density at radius 2 is 1.65 bits per heavy atom. The zero-order valence-corrected chi connectivity index (χ0v) is 12.5. The van der Waals surface area contributed by atoms with Crippen molar-refractivity contribution in [3.63, 3.8) is 0 Å². The van der Waals surface area contributed by atoms with Crippen molar-refractivity contribution in [2.45, 2.75) is 13.8 Å². The van der Waals surface area contributed by atoms with E-state index in [2.05, 4.69) is 6.07 Å². The highest BCUT2D eigenvalue weighted by atomic mass is 35.5. The van der Waals surface area contributed by atoms with Gasteiger partial charge in [0.05, 0.1) is 0 Å². The number of rotatable bonds is 2. The van der Waals surface area contributed by atoms with E-state index in [-0.39, 0.29) is 5.91 Å². The average molecular weight is 289 g/mol. The van der Waals surface area contributed by atoms with Gasteiger partial charge in [-0.3, -0.25) is 4.79 Å². The lowest BCUT2D eigenvalue weighted by Gasteiger charge is -2.19. The molecule has 2 aromatic carbocycles. The number of nitrogens with two attached hydrogens (primary N) is 1. The lowest BCUT2D eigenvalue weighted by atomic mass is 10.1. The summed E-state index contributed by atoms with van der Waals surface area (Å²) in [6.07, 6.45) is 0. The van der Waals surface area contributed by atoms with Crippen LogP contribution in [-0.2, 0) is 0 Å². The van der Waals surface area contributed by atoms with E-state index in [0.29, 0.717) is 16.3 Å². The Morgan fingerprint density at radius 1 is 1.05 bits per heavy atom. The first-order valence-electron chi connectivity index (χ1n) is 6.29. The molecule has 0 atom stereocenters. The molecule has 3 nitrogen and oxygen atoms in total. The predicted octanol–water partition coefficient (Wildman–Crippen LogP) is 3.82. The van der Waals surface area contributed by atoms with Crippen LogP contribution < -0.4 is 10.6 Å². The van der Waals surface area contributed by atoms with Gasteiger partial charge in [-0.05, 0) is 55.3 Å². The third-order valence-electron chi connectivity index (χ3n) is 3.07. The summed E-state index contributed by atoms with van der Waals surface area (Å²) in [5.74, 6) is -0.135. The largest absolute Gasteiger partial charge is 0.399 e. The van der Waals surface area contributed by atoms with Gasteiger partial charge < -0.3 is 10.6 Å². The van der Waals surface area contributed by atoms with E-state index in [1.54, 1.807) is 30.1 Å². The molecule has 2 rings (SSSR count). The molecule has 0 unspecified atom stereocenters. The van der Waals surface area contributed by atoms with Crippen molar-refractivity contribution in [1.29, 1.82) is 0 Å². The summed E-state index contributed by atoms with van der Waals surface area (Å²) in [5.41, 5.74) is 9.78. The average Bonchev–Trinajstić information content (AvgIpc) is 2.34. The summed E-state index contributed by atoms with van der Waals surface area (Å²) < 4.78 is 0. The van der Waals surface area contributed by atoms with Gasteiger partial charge in [0.15, 0.2) is 0 Å². The van der Waals surface area contributed by atoms with Gasteiger partial charge in [-0.1, -0.05) is 17.7 Å². The van der Waals surface area contributed by atoms with Crippen LogP contribution in [0.2, 0.25) is 5.02 Å². The lowest BCUT2D eigenvalue weighted by molar-refractivity contribution is 0.0993. The first kappa shape index (κ1) is 14.4. The molecular formula is C16H17ClN2O. The summed E-state index contributed by atoms with van der Waals surface area (Å²) >= 11 is 5.94. The molecule has 2 N–H and O–H groups in total. The Balaban J connectivity index is 2.36. The number of carbonyl (C=O) groups excluding carboxylic acids is 1. The van der Waals surface area contributed by atoms with Crippen LogP contribution in [0, 0.1) is 13.8 Å². The number of hydrogen-bond acceptors (Lipinski definition) is 2. The van der Waals surface area contributed by atoms with Crippen molar-refractivity contribution in [3.8, 4) is 0 Å². The van der Waals surface area contributed by atoms with Crippen molar-refractivity contribution in [3.05, 3.63) is 58.1 Å². The van der Waals surface area contributed by atoms with Gasteiger partial charge in [-0.25, -0.2) is 0 Å². The summed E-state index contributed by atoms with van der Waals surface area (Å²) in [6.45, 7) is 4.01. The van der Waals surface area contributed by atoms with Crippen LogP contribution in [0.15, 0.2) is 36.4 Å². The van der Waals surface area contributed by atoms with Gasteiger partial charge in [0.1, 0.15) is 0 Å². The van der Waals surface area contributed by atoms with Gasteiger partial charge in [0.25, 0.3) is 5.91 Å². The number of nitrogen functional groups attached to an aromatic ring is 1. The van der Waals surface area contributed by atoms with Crippen LogP contribution in [-0.4, -0.2) is 13.0 Å². The third kappa shape index (κ3) is 3.11. The van der Waals surface area contributed by atoms with Crippen LogP contribution in [0.3, 0.4) is 0 Å². The minimum absolute atomic E-state index is 0.135. The number of aryl methyl sites for hydroxylation is 2. The maximum Gasteiger partial charge on any atom is 0.258 e. The summed E-state index contributed by atoms with van der Waals surface area (Å²) in [6, 6.07) is 10.9. The summed E-state index contributed by atoms with van der Waals surface area (Å²) in [7, 11) is 1.74. The Bertz CT molecular complexity index is 627. The number of nitrogens with zero attached hydrogens (tertiary/aromatic N) is 1. The van der Waals surface area contributed by atoms with Gasteiger partial charge >= 0.3 is 0 Å². The van der Waals surface area contributed by atoms with Gasteiger partial charge in [-0.15, -0.1) is 0 Å². The van der Waals surface area contributed by atoms with E-state index in [1.807, 2.05) is 26.0 Å². The molecular weight excluding hydrogens is 272 g/mol. The Kier molecular flexibility index (Phi) is 4.00. The molecule has 104 valence electrons. The molecule has 0 fully saturated rings. The monoisotopic (exact) mass is 288 g/mol. The molecule has 0 radical (unpaired) electrons. The number of benzene rings is 2. The van der Waals surface area contributed by atoms with Gasteiger partial charge in [-0.2, -0.15) is 0 Å². The SMILES string of the molecule is Cc1cc(C)cc(N(C)C(=O)c2cc(N)cc(Cl)c2)c1. The molecule has 0 aliphatic heterocycles. The van der Waals surface area contributed by atoms with Gasteiger partial charge in [0, 0.05) is 29.0 Å². The fourth-order valence-electron chi connectivity index (χ4n) is 2.19. The van der Waals surface area contributed by atoms with Crippen LogP contribution >= 0.6 is 11.6 Å². The van der Waals surface area contributed by atoms with Gasteiger partial charge in [0.2, 0.25) is 0 Å². The molecule has 0 aliphatic carbocycles. The second kappa shape index (κ2) is 5.55. The molecule has 20 heavy (non-hydrogen) atoms. The van der Waals surface area contributed by atoms with E-state index in [9.17, 15) is 4.79 Å². The summed E-state index contributed by atoms with van der Waals surface area (Å²) in [4.78, 5) is 14.1. The molecule has 0 heterocycles. The topological polar surface area (TPSA) is 46.3 Å². The molecule has 0 aromatic heterocycles. The van der Waals surface area contributed by atoms with Crippen molar-refractivity contribution in [2.75, 3.05) is 17.7 Å². The normalized spacial score (nSPS) is 10.4. The van der Waals surface area contributed by atoms with E-state index in [1.165, 1.54) is 0 Å². The number of halogens is 1. The number of anilines is 2. The van der Waals surface area contributed by atoms with Crippen LogP contribution in [0.5, 0.6) is 0 Å². The fourth-order valence-corrected chi connectivity index (χ4v) is 2.43. The van der Waals surface area contributed by atoms with Crippen LogP contribution in [0.1, 0.15) is 21.5 Å². The van der Waals surface area contributed by atoms with Crippen LogP contribution in [0.4, 0.5) is 11.4 Å². The molecule has 0 bridgehead atoms. The highest BCUT2D eigenvalue weighted by Gasteiger charge is 2.15. The quantitative estimate of drug-likeness (QED) is 0.854. The lowest BCUT2D eigenvalue weighted by Crippen LogP contribution is -2.26. The van der Waals surface area contributed by atoms with Crippen molar-refractivity contribution in [2.24, 2.45) is 0 Å². The third-order valence-corrected chi connectivity index (χ3v) is 3.28. The van der Waals surface area contributed by atoms with E-state index < -0.39 is 0 Å². The summed E-state index contributed by atoms with van der Waals surface area (Å²) in [5, 5.41) is 0.460. The fraction of sp³-hybridized carbons (Fsp3) is 0.188. The Hall–Kier alpha value is -2.00. The van der Waals surface area contributed by atoms with E-state index in [4.69, 9.17) is 17.3 Å².